The average Bonchev–Trinajstić information content (AvgIpc) is 3.25. The predicted octanol–water partition coefficient (Wildman–Crippen LogP) is -0.930. The van der Waals surface area contributed by atoms with Gasteiger partial charge in [-0.1, -0.05) is 6.92 Å². The second-order valence-corrected chi connectivity index (χ2v) is 6.75. The number of carbonyl (C=O) groups is 1. The summed E-state index contributed by atoms with van der Waals surface area (Å²) in [5.41, 5.74) is 0.120. The number of nitrogens with zero attached hydrogens (tertiary/aromatic N) is 6. The van der Waals surface area contributed by atoms with Gasteiger partial charge in [0.05, 0.1) is 19.4 Å². The average molecular weight is 346 g/mol. The third-order valence-corrected chi connectivity index (χ3v) is 5.15. The summed E-state index contributed by atoms with van der Waals surface area (Å²) in [6, 6.07) is 1.98. The lowest BCUT2D eigenvalue weighted by atomic mass is 10.0. The van der Waals surface area contributed by atoms with Crippen LogP contribution in [0.5, 0.6) is 0 Å². The van der Waals surface area contributed by atoms with E-state index in [0.29, 0.717) is 30.6 Å². The maximum atomic E-state index is 12.7. The molecule has 0 unspecified atom stereocenters. The molecule has 0 bridgehead atoms. The molecule has 0 saturated carbocycles. The van der Waals surface area contributed by atoms with Gasteiger partial charge in [0.2, 0.25) is 5.91 Å². The highest BCUT2D eigenvalue weighted by molar-refractivity contribution is 5.76. The fourth-order valence-corrected chi connectivity index (χ4v) is 3.75. The molecule has 0 radical (unpaired) electrons. The first-order valence-corrected chi connectivity index (χ1v) is 8.62. The lowest BCUT2D eigenvalue weighted by Gasteiger charge is -2.33. The van der Waals surface area contributed by atoms with Crippen molar-refractivity contribution in [3.63, 3.8) is 0 Å². The topological polar surface area (TPSA) is 85.0 Å². The van der Waals surface area contributed by atoms with Crippen LogP contribution in [-0.4, -0.2) is 80.5 Å². The van der Waals surface area contributed by atoms with Crippen LogP contribution in [0, 0.1) is 5.92 Å². The van der Waals surface area contributed by atoms with Gasteiger partial charge in [-0.05, 0) is 12.0 Å². The number of ether oxygens (including phenoxy) is 1. The molecule has 0 N–H and O–H groups in total. The molecule has 0 aliphatic carbocycles. The molecule has 2 atom stereocenters. The minimum atomic E-state index is -0.301. The highest BCUT2D eigenvalue weighted by atomic mass is 16.5. The number of carbonyl (C=O) groups excluding carboxylic acids is 1. The molecule has 0 aromatic carbocycles. The number of hydrogen-bond acceptors (Lipinski definition) is 6. The molecule has 2 aliphatic heterocycles. The first-order chi connectivity index (χ1) is 12.1. The van der Waals surface area contributed by atoms with Crippen LogP contribution >= 0.6 is 0 Å². The van der Waals surface area contributed by atoms with Gasteiger partial charge in [0.15, 0.2) is 0 Å². The maximum Gasteiger partial charge on any atom is 0.293 e. The monoisotopic (exact) mass is 346 g/mol. The molecule has 25 heavy (non-hydrogen) atoms. The van der Waals surface area contributed by atoms with Gasteiger partial charge in [0.1, 0.15) is 18.4 Å². The second-order valence-electron chi connectivity index (χ2n) is 6.75. The van der Waals surface area contributed by atoms with Crippen LogP contribution in [0.2, 0.25) is 0 Å². The number of hydrogen-bond donors (Lipinski definition) is 0. The van der Waals surface area contributed by atoms with Gasteiger partial charge >= 0.3 is 0 Å². The van der Waals surface area contributed by atoms with E-state index in [1.54, 1.807) is 12.3 Å². The third kappa shape index (κ3) is 3.05. The first kappa shape index (κ1) is 16.2. The van der Waals surface area contributed by atoms with Crippen LogP contribution < -0.4 is 5.56 Å². The molecule has 9 nitrogen and oxygen atoms in total. The Kier molecular flexibility index (Phi) is 4.26. The van der Waals surface area contributed by atoms with E-state index in [0.717, 1.165) is 26.3 Å². The van der Waals surface area contributed by atoms with E-state index < -0.39 is 0 Å². The van der Waals surface area contributed by atoms with E-state index in [2.05, 4.69) is 22.0 Å². The number of morpholine rings is 1. The Morgan fingerprint density at radius 1 is 1.28 bits per heavy atom. The normalized spacial score (nSPS) is 24.9. The van der Waals surface area contributed by atoms with Crippen LogP contribution in [0.3, 0.4) is 0 Å². The summed E-state index contributed by atoms with van der Waals surface area (Å²) < 4.78 is 8.04. The molecule has 2 aromatic heterocycles. The van der Waals surface area contributed by atoms with Crippen LogP contribution in [-0.2, 0) is 16.1 Å². The SMILES string of the molecule is C[C@@H]1CN(C(=O)Cn2ncn3nccc3c2=O)C[C@@H]1N1CCOCC1. The minimum Gasteiger partial charge on any atom is -0.379 e. The molecule has 2 aromatic rings. The van der Waals surface area contributed by atoms with Crippen molar-refractivity contribution in [2.24, 2.45) is 5.92 Å². The Bertz CT molecular complexity index is 825. The molecule has 0 spiro atoms. The second kappa shape index (κ2) is 6.57. The van der Waals surface area contributed by atoms with Crippen LogP contribution in [0.4, 0.5) is 0 Å². The summed E-state index contributed by atoms with van der Waals surface area (Å²) in [5, 5.41) is 8.03. The van der Waals surface area contributed by atoms with Crippen molar-refractivity contribution in [2.45, 2.75) is 19.5 Å². The Morgan fingerprint density at radius 3 is 2.88 bits per heavy atom. The fourth-order valence-electron chi connectivity index (χ4n) is 3.75. The van der Waals surface area contributed by atoms with Crippen molar-refractivity contribution in [3.05, 3.63) is 28.9 Å². The lowest BCUT2D eigenvalue weighted by Crippen LogP contribution is -2.47. The molecular formula is C16H22N6O3. The van der Waals surface area contributed by atoms with Crippen molar-refractivity contribution < 1.29 is 9.53 Å². The van der Waals surface area contributed by atoms with E-state index in [4.69, 9.17) is 4.74 Å². The van der Waals surface area contributed by atoms with Gasteiger partial charge in [-0.2, -0.15) is 10.2 Å². The number of rotatable bonds is 3. The quantitative estimate of drug-likeness (QED) is 0.714. The molecular weight excluding hydrogens is 324 g/mol. The van der Waals surface area contributed by atoms with Crippen LogP contribution in [0.25, 0.3) is 5.52 Å². The van der Waals surface area contributed by atoms with E-state index in [9.17, 15) is 9.59 Å². The number of likely N-dealkylation sites (tertiary alicyclic amines) is 1. The Labute approximate surface area is 144 Å². The van der Waals surface area contributed by atoms with Gasteiger partial charge in [-0.25, -0.2) is 9.20 Å². The summed E-state index contributed by atoms with van der Waals surface area (Å²) in [5.74, 6) is 0.338. The van der Waals surface area contributed by atoms with Crippen molar-refractivity contribution in [2.75, 3.05) is 39.4 Å². The molecule has 4 rings (SSSR count). The van der Waals surface area contributed by atoms with E-state index in [-0.39, 0.29) is 18.0 Å². The summed E-state index contributed by atoms with van der Waals surface area (Å²) >= 11 is 0. The number of amides is 1. The highest BCUT2D eigenvalue weighted by Gasteiger charge is 2.36. The zero-order chi connectivity index (χ0) is 17.4. The number of fused-ring (bicyclic) bond motifs is 1. The molecule has 134 valence electrons. The van der Waals surface area contributed by atoms with Gasteiger partial charge in [0.25, 0.3) is 5.56 Å². The standard InChI is InChI=1S/C16H22N6O3/c1-12-8-20(9-14(12)19-4-6-25-7-5-19)15(23)10-21-16(24)13-2-3-17-22(13)11-18-21/h2-3,11-12,14H,4-10H2,1H3/t12-,14+/m1/s1. The largest absolute Gasteiger partial charge is 0.379 e. The molecule has 4 heterocycles. The summed E-state index contributed by atoms with van der Waals surface area (Å²) in [4.78, 5) is 29.3. The van der Waals surface area contributed by atoms with Crippen molar-refractivity contribution in [3.8, 4) is 0 Å². The Hall–Kier alpha value is -2.26. The third-order valence-electron chi connectivity index (χ3n) is 5.15. The lowest BCUT2D eigenvalue weighted by molar-refractivity contribution is -0.131. The van der Waals surface area contributed by atoms with Gasteiger partial charge in [-0.15, -0.1) is 0 Å². The highest BCUT2D eigenvalue weighted by Crippen LogP contribution is 2.22. The van der Waals surface area contributed by atoms with Crippen LogP contribution in [0.1, 0.15) is 6.92 Å². The van der Waals surface area contributed by atoms with Crippen molar-refractivity contribution >= 4 is 11.4 Å². The van der Waals surface area contributed by atoms with Crippen molar-refractivity contribution in [1.82, 2.24) is 29.2 Å². The number of aromatic nitrogens is 4. The van der Waals surface area contributed by atoms with E-state index >= 15 is 0 Å². The van der Waals surface area contributed by atoms with Gasteiger partial charge in [0, 0.05) is 32.2 Å². The van der Waals surface area contributed by atoms with Gasteiger partial charge < -0.3 is 9.64 Å². The summed E-state index contributed by atoms with van der Waals surface area (Å²) in [6.07, 6.45) is 2.99. The Balaban J connectivity index is 1.45. The fraction of sp³-hybridized carbons (Fsp3) is 0.625. The van der Waals surface area contributed by atoms with Crippen LogP contribution in [0.15, 0.2) is 23.4 Å². The zero-order valence-electron chi connectivity index (χ0n) is 14.2. The maximum absolute atomic E-state index is 12.7. The molecule has 2 saturated heterocycles. The van der Waals surface area contributed by atoms with E-state index in [1.807, 2.05) is 4.90 Å². The molecule has 2 aliphatic rings. The Morgan fingerprint density at radius 2 is 2.08 bits per heavy atom. The molecule has 9 heteroatoms. The summed E-state index contributed by atoms with van der Waals surface area (Å²) in [6.45, 7) is 6.88. The first-order valence-electron chi connectivity index (χ1n) is 8.62. The van der Waals surface area contributed by atoms with E-state index in [1.165, 1.54) is 15.5 Å². The molecule has 2 fully saturated rings. The smallest absolute Gasteiger partial charge is 0.293 e. The van der Waals surface area contributed by atoms with Crippen molar-refractivity contribution in [1.29, 1.82) is 0 Å². The summed E-state index contributed by atoms with van der Waals surface area (Å²) in [7, 11) is 0. The molecule has 1 amide bonds. The predicted molar refractivity (Wildman–Crippen MR) is 89.2 cm³/mol. The minimum absolute atomic E-state index is 0.0386. The zero-order valence-corrected chi connectivity index (χ0v) is 14.2. The van der Waals surface area contributed by atoms with Gasteiger partial charge in [-0.3, -0.25) is 14.5 Å².